The van der Waals surface area contributed by atoms with Crippen molar-refractivity contribution in [3.05, 3.63) is 24.0 Å². The normalized spacial score (nSPS) is 9.27. The lowest BCUT2D eigenvalue weighted by Gasteiger charge is -2.06. The van der Waals surface area contributed by atoms with E-state index in [1.54, 1.807) is 0 Å². The van der Waals surface area contributed by atoms with Crippen molar-refractivity contribution < 1.29 is 14.6 Å². The Bertz CT molecular complexity index is 382. The Hall–Kier alpha value is -2.02. The molecule has 0 aliphatic heterocycles. The number of terminal acetylenes is 1. The molecule has 0 amide bonds. The maximum Gasteiger partial charge on any atom is 0.339 e. The third-order valence-electron chi connectivity index (χ3n) is 1.74. The first-order valence-corrected chi connectivity index (χ1v) is 4.49. The number of hydrogen-bond donors (Lipinski definition) is 1. The molecular weight excluding hydrogens is 194 g/mol. The largest absolute Gasteiger partial charge is 0.491 e. The van der Waals surface area contributed by atoms with E-state index in [2.05, 4.69) is 10.9 Å². The molecule has 0 atom stereocenters. The number of nitrogens with zero attached hydrogens (tertiary/aromatic N) is 1. The van der Waals surface area contributed by atoms with E-state index in [0.29, 0.717) is 19.4 Å². The van der Waals surface area contributed by atoms with Crippen molar-refractivity contribution in [2.24, 2.45) is 0 Å². The highest BCUT2D eigenvalue weighted by molar-refractivity contribution is 5.90. The minimum atomic E-state index is -1.02. The average Bonchev–Trinajstić information content (AvgIpc) is 2.25. The molecule has 0 fully saturated rings. The molecule has 1 heterocycles. The van der Waals surface area contributed by atoms with E-state index in [4.69, 9.17) is 16.3 Å². The van der Waals surface area contributed by atoms with E-state index < -0.39 is 5.97 Å². The molecular formula is C11H11NO3. The van der Waals surface area contributed by atoms with Gasteiger partial charge >= 0.3 is 5.97 Å². The lowest BCUT2D eigenvalue weighted by atomic mass is 10.2. The van der Waals surface area contributed by atoms with Crippen LogP contribution in [0.3, 0.4) is 0 Å². The van der Waals surface area contributed by atoms with E-state index in [1.165, 1.54) is 18.5 Å². The van der Waals surface area contributed by atoms with Crippen LogP contribution in [-0.4, -0.2) is 22.7 Å². The molecule has 78 valence electrons. The summed E-state index contributed by atoms with van der Waals surface area (Å²) in [6, 6.07) is 1.40. The third-order valence-corrected chi connectivity index (χ3v) is 1.74. The molecule has 4 nitrogen and oxygen atoms in total. The number of carbonyl (C=O) groups is 1. The van der Waals surface area contributed by atoms with Crippen molar-refractivity contribution in [2.75, 3.05) is 6.61 Å². The lowest BCUT2D eigenvalue weighted by molar-refractivity contribution is 0.0692. The molecule has 0 saturated heterocycles. The van der Waals surface area contributed by atoms with Gasteiger partial charge in [0, 0.05) is 12.6 Å². The predicted octanol–water partition coefficient (Wildman–Crippen LogP) is 1.57. The van der Waals surface area contributed by atoms with Crippen LogP contribution < -0.4 is 4.74 Å². The Labute approximate surface area is 87.9 Å². The van der Waals surface area contributed by atoms with Crippen molar-refractivity contribution in [1.82, 2.24) is 4.98 Å². The number of aromatic carboxylic acids is 1. The van der Waals surface area contributed by atoms with Crippen molar-refractivity contribution >= 4 is 5.97 Å². The first-order chi connectivity index (χ1) is 7.25. The molecule has 1 aromatic rings. The number of carboxylic acid groups (broad SMARTS) is 1. The molecule has 0 aromatic carbocycles. The minimum absolute atomic E-state index is 0.116. The molecule has 0 radical (unpaired) electrons. The molecule has 0 aliphatic carbocycles. The summed E-state index contributed by atoms with van der Waals surface area (Å²) in [7, 11) is 0. The number of rotatable bonds is 5. The third kappa shape index (κ3) is 3.31. The van der Waals surface area contributed by atoms with Crippen molar-refractivity contribution in [3.63, 3.8) is 0 Å². The Morgan fingerprint density at radius 1 is 1.67 bits per heavy atom. The van der Waals surface area contributed by atoms with E-state index >= 15 is 0 Å². The van der Waals surface area contributed by atoms with Gasteiger partial charge in [0.05, 0.1) is 12.8 Å². The van der Waals surface area contributed by atoms with Gasteiger partial charge in [-0.25, -0.2) is 4.79 Å². The van der Waals surface area contributed by atoms with Gasteiger partial charge in [-0.1, -0.05) is 0 Å². The summed E-state index contributed by atoms with van der Waals surface area (Å²) in [6.07, 6.45) is 9.19. The van der Waals surface area contributed by atoms with Crippen LogP contribution in [0.1, 0.15) is 23.2 Å². The molecule has 0 aliphatic rings. The maximum absolute atomic E-state index is 10.8. The number of unbranched alkanes of at least 4 members (excludes halogenated alkanes) is 1. The molecule has 0 unspecified atom stereocenters. The summed E-state index contributed by atoms with van der Waals surface area (Å²) in [6.45, 7) is 0.399. The van der Waals surface area contributed by atoms with Crippen molar-refractivity contribution in [1.29, 1.82) is 0 Å². The first-order valence-electron chi connectivity index (χ1n) is 4.49. The number of hydrogen-bond acceptors (Lipinski definition) is 3. The molecule has 1 aromatic heterocycles. The Kier molecular flexibility index (Phi) is 4.17. The van der Waals surface area contributed by atoms with Gasteiger partial charge in [-0.05, 0) is 12.5 Å². The van der Waals surface area contributed by atoms with Gasteiger partial charge in [0.25, 0.3) is 0 Å². The molecule has 0 bridgehead atoms. The molecule has 1 rings (SSSR count). The summed E-state index contributed by atoms with van der Waals surface area (Å²) < 4.78 is 5.26. The maximum atomic E-state index is 10.8. The molecule has 4 heteroatoms. The van der Waals surface area contributed by atoms with E-state index in [0.717, 1.165) is 0 Å². The van der Waals surface area contributed by atoms with Gasteiger partial charge in [0.15, 0.2) is 5.75 Å². The highest BCUT2D eigenvalue weighted by Gasteiger charge is 2.09. The van der Waals surface area contributed by atoms with E-state index in [9.17, 15) is 4.79 Å². The van der Waals surface area contributed by atoms with Gasteiger partial charge in [0.2, 0.25) is 0 Å². The van der Waals surface area contributed by atoms with Crippen LogP contribution in [0, 0.1) is 12.3 Å². The second-order valence-electron chi connectivity index (χ2n) is 2.83. The summed E-state index contributed by atoms with van der Waals surface area (Å²) in [4.78, 5) is 14.6. The van der Waals surface area contributed by atoms with E-state index in [1.807, 2.05) is 0 Å². The van der Waals surface area contributed by atoms with Crippen LogP contribution in [0.5, 0.6) is 5.75 Å². The highest BCUT2D eigenvalue weighted by Crippen LogP contribution is 2.16. The second-order valence-corrected chi connectivity index (χ2v) is 2.83. The summed E-state index contributed by atoms with van der Waals surface area (Å²) in [5, 5.41) is 8.83. The Balaban J connectivity index is 2.60. The summed E-state index contributed by atoms with van der Waals surface area (Å²) >= 11 is 0. The minimum Gasteiger partial charge on any atom is -0.491 e. The van der Waals surface area contributed by atoms with Gasteiger partial charge < -0.3 is 9.84 Å². The zero-order valence-electron chi connectivity index (χ0n) is 8.14. The molecule has 1 N–H and O–H groups in total. The summed E-state index contributed by atoms with van der Waals surface area (Å²) in [5.74, 6) is 1.74. The fourth-order valence-corrected chi connectivity index (χ4v) is 1.03. The Morgan fingerprint density at radius 3 is 3.13 bits per heavy atom. The molecule has 0 spiro atoms. The van der Waals surface area contributed by atoms with Crippen LogP contribution in [0.4, 0.5) is 0 Å². The zero-order chi connectivity index (χ0) is 11.1. The molecule has 0 saturated carbocycles. The van der Waals surface area contributed by atoms with Gasteiger partial charge in [0.1, 0.15) is 5.56 Å². The second kappa shape index (κ2) is 5.66. The predicted molar refractivity (Wildman–Crippen MR) is 54.8 cm³/mol. The number of aromatic nitrogens is 1. The van der Waals surface area contributed by atoms with Crippen molar-refractivity contribution in [2.45, 2.75) is 12.8 Å². The number of pyridine rings is 1. The van der Waals surface area contributed by atoms with Gasteiger partial charge in [-0.15, -0.1) is 12.3 Å². The fraction of sp³-hybridized carbons (Fsp3) is 0.273. The van der Waals surface area contributed by atoms with Crippen LogP contribution in [0.2, 0.25) is 0 Å². The average molecular weight is 205 g/mol. The van der Waals surface area contributed by atoms with E-state index in [-0.39, 0.29) is 11.3 Å². The molecule has 15 heavy (non-hydrogen) atoms. The monoisotopic (exact) mass is 205 g/mol. The topological polar surface area (TPSA) is 59.4 Å². The Morgan fingerprint density at radius 2 is 2.47 bits per heavy atom. The zero-order valence-corrected chi connectivity index (χ0v) is 8.14. The van der Waals surface area contributed by atoms with Gasteiger partial charge in [-0.3, -0.25) is 4.98 Å². The SMILES string of the molecule is C#CCCCOc1cnccc1C(=O)O. The number of carboxylic acids is 1. The van der Waals surface area contributed by atoms with Crippen LogP contribution in [0.25, 0.3) is 0 Å². The number of ether oxygens (including phenoxy) is 1. The lowest BCUT2D eigenvalue weighted by Crippen LogP contribution is -2.04. The standard InChI is InChI=1S/C11H11NO3/c1-2-3-4-7-15-10-8-12-6-5-9(10)11(13)14/h1,5-6,8H,3-4,7H2,(H,13,14). The summed E-state index contributed by atoms with van der Waals surface area (Å²) in [5.41, 5.74) is 0.116. The quantitative estimate of drug-likeness (QED) is 0.585. The van der Waals surface area contributed by atoms with Crippen molar-refractivity contribution in [3.8, 4) is 18.1 Å². The fourth-order valence-electron chi connectivity index (χ4n) is 1.03. The highest BCUT2D eigenvalue weighted by atomic mass is 16.5. The van der Waals surface area contributed by atoms with Crippen LogP contribution in [-0.2, 0) is 0 Å². The van der Waals surface area contributed by atoms with Crippen LogP contribution >= 0.6 is 0 Å². The smallest absolute Gasteiger partial charge is 0.339 e. The van der Waals surface area contributed by atoms with Gasteiger partial charge in [-0.2, -0.15) is 0 Å². The van der Waals surface area contributed by atoms with Crippen LogP contribution in [0.15, 0.2) is 18.5 Å². The first kappa shape index (κ1) is 11.1.